The van der Waals surface area contributed by atoms with Gasteiger partial charge in [0.1, 0.15) is 17.3 Å². The van der Waals surface area contributed by atoms with Crippen molar-refractivity contribution in [3.05, 3.63) is 47.0 Å². The van der Waals surface area contributed by atoms with Crippen LogP contribution in [0.1, 0.15) is 78.1 Å². The monoisotopic (exact) mass is 602 g/mol. The molecule has 4 rings (SSSR count). The summed E-state index contributed by atoms with van der Waals surface area (Å²) >= 11 is 0. The van der Waals surface area contributed by atoms with E-state index in [-0.39, 0.29) is 29.6 Å². The topological polar surface area (TPSA) is 177 Å². The number of hydrogen-bond acceptors (Lipinski definition) is 11. The van der Waals surface area contributed by atoms with Gasteiger partial charge in [0.15, 0.2) is 11.9 Å². The highest BCUT2D eigenvalue weighted by Crippen LogP contribution is 2.62. The molecule has 0 unspecified atom stereocenters. The van der Waals surface area contributed by atoms with Gasteiger partial charge in [0, 0.05) is 32.1 Å². The largest absolute Gasteiger partial charge is 0.456 e. The van der Waals surface area contributed by atoms with Crippen molar-refractivity contribution in [2.45, 2.75) is 109 Å². The third-order valence-electron chi connectivity index (χ3n) is 10.3. The van der Waals surface area contributed by atoms with E-state index >= 15 is 0 Å². The highest BCUT2D eigenvalue weighted by Gasteiger charge is 2.75. The third-order valence-corrected chi connectivity index (χ3v) is 10.3. The summed E-state index contributed by atoms with van der Waals surface area (Å²) in [5.74, 6) is -4.90. The quantitative estimate of drug-likeness (QED) is 0.220. The number of benzene rings is 1. The number of rotatable bonds is 5. The molecular weight excluding hydrogens is 560 g/mol. The fourth-order valence-electron chi connectivity index (χ4n) is 7.90. The van der Waals surface area contributed by atoms with E-state index in [1.54, 1.807) is 45.9 Å². The molecular formula is C32H42O11. The number of ketones is 1. The number of carbonyl (C=O) groups excluding carboxylic acids is 4. The number of esters is 3. The van der Waals surface area contributed by atoms with Crippen molar-refractivity contribution in [3.63, 3.8) is 0 Å². The molecule has 43 heavy (non-hydrogen) atoms. The van der Waals surface area contributed by atoms with Gasteiger partial charge in [-0.1, -0.05) is 39.0 Å². The second-order valence-corrected chi connectivity index (χ2v) is 12.8. The number of aliphatic hydroxyl groups excluding tert-OH is 3. The predicted octanol–water partition coefficient (Wildman–Crippen LogP) is 2.02. The van der Waals surface area contributed by atoms with Crippen molar-refractivity contribution in [3.8, 4) is 0 Å². The van der Waals surface area contributed by atoms with Gasteiger partial charge in [0.2, 0.25) is 0 Å². The number of ether oxygens (including phenoxy) is 3. The van der Waals surface area contributed by atoms with E-state index in [0.29, 0.717) is 0 Å². The number of Topliss-reactive ketones (excluding diaryl/α,β-unsaturated/α-hetero) is 1. The standard InChI is InChI=1S/C32H42O11/c1-8-31(43-18(4)34)22(37)14-21(36)30(7)25(31)27(42-28(39)19-12-10-9-11-13-19)32(40)15-20(35)16(2)23(29(32,5)6)24(26(30)38)41-17(3)33/h9-13,20-22,24-25,27,35-37,40H,8,14-15H2,1-7H3/t20-,21-,22+,24+,25-,27-,30+,31-,32+/m0/s1. The molecule has 2 saturated carbocycles. The Hall–Kier alpha value is -3.12. The van der Waals surface area contributed by atoms with E-state index in [1.807, 2.05) is 0 Å². The van der Waals surface area contributed by atoms with Crippen molar-refractivity contribution in [2.75, 3.05) is 0 Å². The van der Waals surface area contributed by atoms with Crippen molar-refractivity contribution in [1.82, 2.24) is 0 Å². The summed E-state index contributed by atoms with van der Waals surface area (Å²) in [5.41, 5.74) is -7.15. The summed E-state index contributed by atoms with van der Waals surface area (Å²) in [6.45, 7) is 9.96. The van der Waals surface area contributed by atoms with Crippen molar-refractivity contribution >= 4 is 23.7 Å². The Labute approximate surface area is 250 Å². The van der Waals surface area contributed by atoms with Crippen LogP contribution in [0.4, 0.5) is 0 Å². The second kappa shape index (κ2) is 11.1. The Balaban J connectivity index is 2.15. The van der Waals surface area contributed by atoms with Crippen LogP contribution in [0.5, 0.6) is 0 Å². The van der Waals surface area contributed by atoms with Crippen molar-refractivity contribution in [2.24, 2.45) is 16.7 Å². The molecule has 3 aliphatic carbocycles. The first-order valence-corrected chi connectivity index (χ1v) is 14.5. The van der Waals surface area contributed by atoms with Gasteiger partial charge >= 0.3 is 17.9 Å². The molecule has 4 N–H and O–H groups in total. The van der Waals surface area contributed by atoms with Gasteiger partial charge in [-0.3, -0.25) is 14.4 Å². The maximum absolute atomic E-state index is 14.8. The Morgan fingerprint density at radius 1 is 0.953 bits per heavy atom. The van der Waals surface area contributed by atoms with Gasteiger partial charge in [0.05, 0.1) is 35.2 Å². The zero-order valence-electron chi connectivity index (χ0n) is 25.6. The summed E-state index contributed by atoms with van der Waals surface area (Å²) in [7, 11) is 0. The number of fused-ring (bicyclic) bond motifs is 3. The molecule has 9 atom stereocenters. The predicted molar refractivity (Wildman–Crippen MR) is 151 cm³/mol. The summed E-state index contributed by atoms with van der Waals surface area (Å²) in [6.07, 6.45) is -8.81. The van der Waals surface area contributed by atoms with Crippen LogP contribution in [-0.4, -0.2) is 85.8 Å². The maximum atomic E-state index is 14.8. The van der Waals surface area contributed by atoms with E-state index in [9.17, 15) is 39.6 Å². The van der Waals surface area contributed by atoms with E-state index in [2.05, 4.69) is 0 Å². The van der Waals surface area contributed by atoms with Crippen LogP contribution in [0.3, 0.4) is 0 Å². The summed E-state index contributed by atoms with van der Waals surface area (Å²) in [6, 6.07) is 7.92. The molecule has 2 fully saturated rings. The van der Waals surface area contributed by atoms with Gasteiger partial charge < -0.3 is 34.6 Å². The summed E-state index contributed by atoms with van der Waals surface area (Å²) in [4.78, 5) is 53.6. The zero-order valence-corrected chi connectivity index (χ0v) is 25.6. The van der Waals surface area contributed by atoms with E-state index in [4.69, 9.17) is 14.2 Å². The zero-order chi connectivity index (χ0) is 32.3. The Bertz CT molecular complexity index is 1340. The second-order valence-electron chi connectivity index (χ2n) is 12.8. The van der Waals surface area contributed by atoms with Crippen LogP contribution in [0, 0.1) is 16.7 Å². The first-order valence-electron chi connectivity index (χ1n) is 14.5. The molecule has 0 saturated heterocycles. The normalized spacial score (nSPS) is 38.7. The molecule has 0 heterocycles. The molecule has 11 heteroatoms. The minimum absolute atomic E-state index is 0.105. The lowest BCUT2D eigenvalue weighted by atomic mass is 9.45. The molecule has 1 aromatic carbocycles. The van der Waals surface area contributed by atoms with Gasteiger partial charge in [0.25, 0.3) is 0 Å². The molecule has 236 valence electrons. The van der Waals surface area contributed by atoms with Gasteiger partial charge in [-0.25, -0.2) is 4.79 Å². The molecule has 0 amide bonds. The number of hydrogen-bond donors (Lipinski definition) is 4. The van der Waals surface area contributed by atoms with Crippen molar-refractivity contribution in [1.29, 1.82) is 0 Å². The Kier molecular flexibility index (Phi) is 8.47. The summed E-state index contributed by atoms with van der Waals surface area (Å²) < 4.78 is 17.6. The van der Waals surface area contributed by atoms with Gasteiger partial charge in [-0.2, -0.15) is 0 Å². The highest BCUT2D eigenvalue weighted by atomic mass is 16.6. The van der Waals surface area contributed by atoms with Gasteiger partial charge in [-0.15, -0.1) is 0 Å². The summed E-state index contributed by atoms with van der Waals surface area (Å²) in [5, 5.41) is 47.4. The minimum Gasteiger partial charge on any atom is -0.456 e. The van der Waals surface area contributed by atoms with Crippen LogP contribution in [0.25, 0.3) is 0 Å². The lowest BCUT2D eigenvalue weighted by Gasteiger charge is -2.64. The maximum Gasteiger partial charge on any atom is 0.338 e. The number of aliphatic hydroxyl groups is 4. The Morgan fingerprint density at radius 3 is 2.09 bits per heavy atom. The van der Waals surface area contributed by atoms with E-state index < -0.39 is 88.6 Å². The fraction of sp³-hybridized carbons (Fsp3) is 0.625. The molecule has 0 aliphatic heterocycles. The smallest absolute Gasteiger partial charge is 0.338 e. The lowest BCUT2D eigenvalue weighted by molar-refractivity contribution is -0.284. The highest BCUT2D eigenvalue weighted by molar-refractivity contribution is 5.95. The van der Waals surface area contributed by atoms with Crippen molar-refractivity contribution < 1.29 is 53.8 Å². The van der Waals surface area contributed by atoms with Gasteiger partial charge in [-0.05, 0) is 43.5 Å². The third kappa shape index (κ3) is 4.81. The molecule has 2 bridgehead atoms. The number of carbonyl (C=O) groups is 4. The molecule has 1 aromatic rings. The molecule has 0 aromatic heterocycles. The van der Waals surface area contributed by atoms with Crippen LogP contribution in [0.2, 0.25) is 0 Å². The van der Waals surface area contributed by atoms with Crippen LogP contribution >= 0.6 is 0 Å². The lowest BCUT2D eigenvalue weighted by Crippen LogP contribution is -2.77. The van der Waals surface area contributed by atoms with E-state index in [0.717, 1.165) is 13.8 Å². The van der Waals surface area contributed by atoms with Crippen LogP contribution in [-0.2, 0) is 28.6 Å². The molecule has 11 nitrogen and oxygen atoms in total. The average Bonchev–Trinajstić information content (AvgIpc) is 2.92. The molecule has 0 spiro atoms. The van der Waals surface area contributed by atoms with Crippen LogP contribution in [0.15, 0.2) is 41.5 Å². The first kappa shape index (κ1) is 32.8. The molecule has 3 aliphatic rings. The Morgan fingerprint density at radius 2 is 1.56 bits per heavy atom. The minimum atomic E-state index is -2.20. The van der Waals surface area contributed by atoms with E-state index in [1.165, 1.54) is 19.1 Å². The fourth-order valence-corrected chi connectivity index (χ4v) is 7.90. The van der Waals surface area contributed by atoms with Crippen LogP contribution < -0.4 is 0 Å². The SMILES string of the molecule is CC[C@]1(OC(C)=O)[C@H](O)C[C@H](O)[C@@]2(C)C(=O)[C@H](OC(C)=O)C3=C(C)[C@@H](O)C[C@@](O)([C@@H](OC(=O)c4ccccc4)[C@H]12)C3(C)C. The first-order chi connectivity index (χ1) is 19.9. The average molecular weight is 603 g/mol. The molecule has 0 radical (unpaired) electrons.